The van der Waals surface area contributed by atoms with E-state index >= 15 is 0 Å². The Morgan fingerprint density at radius 3 is 2.38 bits per heavy atom. The third-order valence-electron chi connectivity index (χ3n) is 5.02. The molecule has 0 aromatic heterocycles. The Balaban J connectivity index is 0.00000288. The van der Waals surface area contributed by atoms with Crippen LogP contribution < -0.4 is 10.6 Å². The van der Waals surface area contributed by atoms with Crippen LogP contribution in [0.3, 0.4) is 0 Å². The Hall–Kier alpha value is -0.0800. The fourth-order valence-electron chi connectivity index (χ4n) is 3.69. The second-order valence-electron chi connectivity index (χ2n) is 7.35. The predicted octanol–water partition coefficient (Wildman–Crippen LogP) is 2.85. The van der Waals surface area contributed by atoms with Crippen LogP contribution in [-0.4, -0.2) is 62.3 Å². The Bertz CT molecular complexity index is 364. The molecule has 1 saturated heterocycles. The highest BCUT2D eigenvalue weighted by atomic mass is 127. The molecule has 1 heterocycles. The maximum absolute atomic E-state index is 5.56. The Kier molecular flexibility index (Phi) is 10.5. The van der Waals surface area contributed by atoms with Crippen LogP contribution in [0, 0.1) is 5.92 Å². The zero-order valence-corrected chi connectivity index (χ0v) is 18.1. The molecule has 1 saturated carbocycles. The van der Waals surface area contributed by atoms with E-state index in [0.29, 0.717) is 5.92 Å². The first-order chi connectivity index (χ1) is 11.2. The number of hydrogen-bond donors (Lipinski definition) is 2. The quantitative estimate of drug-likeness (QED) is 0.370. The van der Waals surface area contributed by atoms with Crippen LogP contribution in [0.15, 0.2) is 4.99 Å². The van der Waals surface area contributed by atoms with E-state index in [-0.39, 0.29) is 29.5 Å². The van der Waals surface area contributed by atoms with Crippen LogP contribution in [0.25, 0.3) is 0 Å². The van der Waals surface area contributed by atoms with Crippen molar-refractivity contribution in [2.45, 2.75) is 58.4 Å². The lowest BCUT2D eigenvalue weighted by Crippen LogP contribution is -2.56. The molecule has 0 atom stereocenters. The highest BCUT2D eigenvalue weighted by Gasteiger charge is 2.38. The summed E-state index contributed by atoms with van der Waals surface area (Å²) in [5, 5.41) is 6.87. The average Bonchev–Trinajstić information content (AvgIpc) is 2.59. The van der Waals surface area contributed by atoms with Gasteiger partial charge in [0.2, 0.25) is 0 Å². The maximum atomic E-state index is 5.56. The van der Waals surface area contributed by atoms with Crippen LogP contribution in [0.4, 0.5) is 0 Å². The van der Waals surface area contributed by atoms with Gasteiger partial charge in [0.25, 0.3) is 0 Å². The highest BCUT2D eigenvalue weighted by molar-refractivity contribution is 14.0. The van der Waals surface area contributed by atoms with Gasteiger partial charge in [0.15, 0.2) is 5.96 Å². The van der Waals surface area contributed by atoms with E-state index in [9.17, 15) is 0 Å². The molecule has 24 heavy (non-hydrogen) atoms. The minimum atomic E-state index is 0. The van der Waals surface area contributed by atoms with Gasteiger partial charge in [0.1, 0.15) is 0 Å². The van der Waals surface area contributed by atoms with Gasteiger partial charge in [-0.05, 0) is 25.7 Å². The lowest BCUT2D eigenvalue weighted by molar-refractivity contribution is -0.0333. The Labute approximate surface area is 165 Å². The van der Waals surface area contributed by atoms with E-state index in [1.54, 1.807) is 0 Å². The van der Waals surface area contributed by atoms with E-state index in [2.05, 4.69) is 36.3 Å². The second kappa shape index (κ2) is 11.5. The van der Waals surface area contributed by atoms with E-state index in [1.807, 2.05) is 0 Å². The summed E-state index contributed by atoms with van der Waals surface area (Å²) in [4.78, 5) is 7.63. The van der Waals surface area contributed by atoms with Gasteiger partial charge in [-0.2, -0.15) is 0 Å². The van der Waals surface area contributed by atoms with E-state index < -0.39 is 0 Å². The van der Waals surface area contributed by atoms with Gasteiger partial charge in [-0.1, -0.05) is 33.1 Å². The molecule has 0 unspecified atom stereocenters. The van der Waals surface area contributed by atoms with Crippen LogP contribution in [0.1, 0.15) is 52.9 Å². The second-order valence-corrected chi connectivity index (χ2v) is 7.35. The fourth-order valence-corrected chi connectivity index (χ4v) is 3.69. The van der Waals surface area contributed by atoms with Crippen molar-refractivity contribution in [2.24, 2.45) is 10.9 Å². The number of rotatable bonds is 6. The Morgan fingerprint density at radius 2 is 1.79 bits per heavy atom. The third kappa shape index (κ3) is 6.67. The molecular formula is C18H37IN4O. The molecule has 1 aliphatic carbocycles. The van der Waals surface area contributed by atoms with Crippen LogP contribution in [-0.2, 0) is 4.74 Å². The van der Waals surface area contributed by atoms with Gasteiger partial charge < -0.3 is 15.4 Å². The van der Waals surface area contributed by atoms with Gasteiger partial charge in [0, 0.05) is 31.7 Å². The van der Waals surface area contributed by atoms with Gasteiger partial charge >= 0.3 is 0 Å². The van der Waals surface area contributed by atoms with Crippen molar-refractivity contribution in [3.8, 4) is 0 Å². The first-order valence-corrected chi connectivity index (χ1v) is 9.51. The Morgan fingerprint density at radius 1 is 1.12 bits per heavy atom. The average molecular weight is 452 g/mol. The molecule has 1 aliphatic heterocycles. The number of aliphatic imine (C=N–C) groups is 1. The number of nitrogens with zero attached hydrogens (tertiary/aromatic N) is 2. The van der Waals surface area contributed by atoms with Gasteiger partial charge in [-0.3, -0.25) is 9.89 Å². The summed E-state index contributed by atoms with van der Waals surface area (Å²) in [5.41, 5.74) is 0.252. The number of ether oxygens (including phenoxy) is 1. The number of morpholine rings is 1. The molecule has 5 nitrogen and oxygen atoms in total. The standard InChI is InChI=1S/C18H36N4O.HI/c1-4-19-17(20-14-16(2)3)21-15-18(8-6-5-7-9-18)22-10-12-23-13-11-22;/h16H,4-15H2,1-3H3,(H2,19,20,21);1H. The molecule has 0 radical (unpaired) electrons. The maximum Gasteiger partial charge on any atom is 0.191 e. The van der Waals surface area contributed by atoms with E-state index in [1.165, 1.54) is 32.1 Å². The minimum Gasteiger partial charge on any atom is -0.379 e. The molecule has 0 aromatic rings. The lowest BCUT2D eigenvalue weighted by atomic mass is 9.80. The summed E-state index contributed by atoms with van der Waals surface area (Å²) in [5.74, 6) is 1.60. The molecule has 0 bridgehead atoms. The monoisotopic (exact) mass is 452 g/mol. The van der Waals surface area contributed by atoms with E-state index in [0.717, 1.165) is 51.9 Å². The minimum absolute atomic E-state index is 0. The molecule has 6 heteroatoms. The number of guanidine groups is 1. The summed E-state index contributed by atoms with van der Waals surface area (Å²) in [6, 6.07) is 0. The summed E-state index contributed by atoms with van der Waals surface area (Å²) in [7, 11) is 0. The van der Waals surface area contributed by atoms with E-state index in [4.69, 9.17) is 9.73 Å². The molecule has 142 valence electrons. The van der Waals surface area contributed by atoms with Gasteiger partial charge in [0.05, 0.1) is 19.8 Å². The van der Waals surface area contributed by atoms with Crippen molar-refractivity contribution in [1.82, 2.24) is 15.5 Å². The SMILES string of the molecule is CCNC(=NCC1(N2CCOCC2)CCCCC1)NCC(C)C.I. The van der Waals surface area contributed by atoms with Crippen molar-refractivity contribution in [3.05, 3.63) is 0 Å². The van der Waals surface area contributed by atoms with Crippen LogP contribution in [0.5, 0.6) is 0 Å². The largest absolute Gasteiger partial charge is 0.379 e. The summed E-state index contributed by atoms with van der Waals surface area (Å²) < 4.78 is 5.56. The van der Waals surface area contributed by atoms with Crippen molar-refractivity contribution in [3.63, 3.8) is 0 Å². The molecule has 2 fully saturated rings. The fraction of sp³-hybridized carbons (Fsp3) is 0.944. The van der Waals surface area contributed by atoms with Crippen molar-refractivity contribution in [2.75, 3.05) is 45.9 Å². The topological polar surface area (TPSA) is 48.9 Å². The first kappa shape index (κ1) is 22.0. The van der Waals surface area contributed by atoms with Gasteiger partial charge in [-0.15, -0.1) is 24.0 Å². The summed E-state index contributed by atoms with van der Waals surface area (Å²) in [6.45, 7) is 13.2. The number of halogens is 1. The zero-order chi connectivity index (χ0) is 16.5. The van der Waals surface area contributed by atoms with Crippen molar-refractivity contribution < 1.29 is 4.74 Å². The molecule has 0 aromatic carbocycles. The zero-order valence-electron chi connectivity index (χ0n) is 15.8. The first-order valence-electron chi connectivity index (χ1n) is 9.51. The van der Waals surface area contributed by atoms with Gasteiger partial charge in [-0.25, -0.2) is 0 Å². The lowest BCUT2D eigenvalue weighted by Gasteiger charge is -2.47. The summed E-state index contributed by atoms with van der Waals surface area (Å²) in [6.07, 6.45) is 6.60. The van der Waals surface area contributed by atoms with Crippen LogP contribution >= 0.6 is 24.0 Å². The molecule has 2 aliphatic rings. The summed E-state index contributed by atoms with van der Waals surface area (Å²) >= 11 is 0. The third-order valence-corrected chi connectivity index (χ3v) is 5.02. The smallest absolute Gasteiger partial charge is 0.191 e. The van der Waals surface area contributed by atoms with Crippen LogP contribution in [0.2, 0.25) is 0 Å². The van der Waals surface area contributed by atoms with Crippen molar-refractivity contribution in [1.29, 1.82) is 0 Å². The molecule has 0 amide bonds. The molecule has 2 N–H and O–H groups in total. The molecular weight excluding hydrogens is 415 g/mol. The van der Waals surface area contributed by atoms with Crippen molar-refractivity contribution >= 4 is 29.9 Å². The molecule has 2 rings (SSSR count). The number of nitrogens with one attached hydrogen (secondary N) is 2. The number of hydrogen-bond acceptors (Lipinski definition) is 3. The normalized spacial score (nSPS) is 22.1. The molecule has 0 spiro atoms. The highest BCUT2D eigenvalue weighted by Crippen LogP contribution is 2.34. The predicted molar refractivity (Wildman–Crippen MR) is 112 cm³/mol.